The fourth-order valence-electron chi connectivity index (χ4n) is 3.18. The Labute approximate surface area is 199 Å². The van der Waals surface area contributed by atoms with Crippen LogP contribution in [0.25, 0.3) is 22.0 Å². The van der Waals surface area contributed by atoms with E-state index in [0.29, 0.717) is 26.5 Å². The van der Waals surface area contributed by atoms with E-state index in [1.807, 2.05) is 42.5 Å². The van der Waals surface area contributed by atoms with Gasteiger partial charge in [-0.25, -0.2) is 10.1 Å². The fraction of sp³-hybridized carbons (Fsp3) is 0.0435. The van der Waals surface area contributed by atoms with E-state index in [2.05, 4.69) is 47.5 Å². The van der Waals surface area contributed by atoms with Crippen molar-refractivity contribution in [2.45, 2.75) is 6.54 Å². The largest absolute Gasteiger partial charge is 0.506 e. The third-order valence-electron chi connectivity index (χ3n) is 4.66. The number of hydrazone groups is 1. The van der Waals surface area contributed by atoms with Gasteiger partial charge < -0.3 is 5.11 Å². The van der Waals surface area contributed by atoms with Gasteiger partial charge in [-0.3, -0.25) is 9.59 Å². The van der Waals surface area contributed by atoms with Crippen molar-refractivity contribution >= 4 is 54.8 Å². The van der Waals surface area contributed by atoms with E-state index in [1.54, 1.807) is 24.3 Å². The molecule has 3 aromatic carbocycles. The third-order valence-corrected chi connectivity index (χ3v) is 5.72. The minimum Gasteiger partial charge on any atom is -0.506 e. The Bertz CT molecular complexity index is 1400. The molecule has 9 heteroatoms. The van der Waals surface area contributed by atoms with E-state index in [9.17, 15) is 14.7 Å². The maximum absolute atomic E-state index is 12.9. The average Bonchev–Trinajstić information content (AvgIpc) is 2.79. The smallest absolute Gasteiger partial charge is 0.275 e. The van der Waals surface area contributed by atoms with Crippen LogP contribution >= 0.6 is 31.9 Å². The molecule has 0 spiro atoms. The number of rotatable bonds is 5. The van der Waals surface area contributed by atoms with Gasteiger partial charge in [0.15, 0.2) is 0 Å². The number of carbonyl (C=O) groups is 1. The Morgan fingerprint density at radius 1 is 1.06 bits per heavy atom. The van der Waals surface area contributed by atoms with Crippen molar-refractivity contribution in [2.24, 2.45) is 5.10 Å². The molecule has 0 fully saturated rings. The lowest BCUT2D eigenvalue weighted by molar-refractivity contribution is -0.121. The summed E-state index contributed by atoms with van der Waals surface area (Å²) in [5.74, 6) is -0.537. The Balaban J connectivity index is 1.61. The molecule has 0 bridgehead atoms. The molecule has 0 unspecified atom stereocenters. The Kier molecular flexibility index (Phi) is 6.48. The van der Waals surface area contributed by atoms with E-state index < -0.39 is 5.91 Å². The summed E-state index contributed by atoms with van der Waals surface area (Å²) in [5.41, 5.74) is 3.85. The Morgan fingerprint density at radius 3 is 2.50 bits per heavy atom. The number of amides is 1. The van der Waals surface area contributed by atoms with Crippen LogP contribution in [-0.2, 0) is 11.3 Å². The van der Waals surface area contributed by atoms with E-state index in [0.717, 1.165) is 14.7 Å². The summed E-state index contributed by atoms with van der Waals surface area (Å²) in [4.78, 5) is 25.4. The zero-order valence-electron chi connectivity index (χ0n) is 16.5. The number of phenolic OH excluding ortho intramolecular Hbond substituents is 1. The number of fused-ring (bicyclic) bond motifs is 1. The van der Waals surface area contributed by atoms with Crippen molar-refractivity contribution in [3.8, 4) is 17.0 Å². The first-order valence-corrected chi connectivity index (χ1v) is 11.1. The first kappa shape index (κ1) is 21.9. The van der Waals surface area contributed by atoms with Crippen LogP contribution < -0.4 is 11.0 Å². The van der Waals surface area contributed by atoms with Crippen LogP contribution in [0.1, 0.15) is 5.56 Å². The number of carbonyl (C=O) groups excluding carboxylic acids is 1. The second-order valence-corrected chi connectivity index (χ2v) is 8.61. The van der Waals surface area contributed by atoms with Gasteiger partial charge in [-0.2, -0.15) is 10.2 Å². The van der Waals surface area contributed by atoms with Gasteiger partial charge in [0.1, 0.15) is 12.3 Å². The second-order valence-electron chi connectivity index (χ2n) is 6.84. The van der Waals surface area contributed by atoms with Crippen LogP contribution in [0.5, 0.6) is 5.75 Å². The second kappa shape index (κ2) is 9.46. The van der Waals surface area contributed by atoms with Crippen molar-refractivity contribution in [3.05, 3.63) is 91.6 Å². The molecule has 1 amide bonds. The summed E-state index contributed by atoms with van der Waals surface area (Å²) < 4.78 is 2.35. The van der Waals surface area contributed by atoms with Crippen LogP contribution in [0.15, 0.2) is 85.6 Å². The first-order valence-electron chi connectivity index (χ1n) is 9.49. The number of halogens is 2. The monoisotopic (exact) mass is 554 g/mol. The number of nitrogens with zero attached hydrogens (tertiary/aromatic N) is 3. The van der Waals surface area contributed by atoms with Crippen molar-refractivity contribution < 1.29 is 9.90 Å². The number of nitrogens with one attached hydrogen (secondary N) is 1. The highest BCUT2D eigenvalue weighted by molar-refractivity contribution is 9.11. The van der Waals surface area contributed by atoms with Crippen LogP contribution in [0.3, 0.4) is 0 Å². The molecule has 32 heavy (non-hydrogen) atoms. The van der Waals surface area contributed by atoms with Gasteiger partial charge in [0.2, 0.25) is 0 Å². The molecule has 0 aliphatic carbocycles. The van der Waals surface area contributed by atoms with Crippen molar-refractivity contribution in [3.63, 3.8) is 0 Å². The lowest BCUT2D eigenvalue weighted by Crippen LogP contribution is -2.32. The van der Waals surface area contributed by atoms with Crippen LogP contribution in [0.4, 0.5) is 0 Å². The minimum atomic E-state index is -0.529. The molecule has 0 radical (unpaired) electrons. The van der Waals surface area contributed by atoms with Crippen molar-refractivity contribution in [1.29, 1.82) is 0 Å². The zero-order chi connectivity index (χ0) is 22.7. The SMILES string of the molecule is O=C(Cn1nc(-c2ccccc2)c2ccccc2c1=O)N/N=C/c1cc(Br)cc(Br)c1O. The molecular formula is C23H16Br2N4O3. The minimum absolute atomic E-state index is 0.00822. The molecule has 7 nitrogen and oxygen atoms in total. The summed E-state index contributed by atoms with van der Waals surface area (Å²) in [6.07, 6.45) is 1.31. The van der Waals surface area contributed by atoms with Crippen LogP contribution in [-0.4, -0.2) is 27.0 Å². The number of benzene rings is 3. The zero-order valence-corrected chi connectivity index (χ0v) is 19.7. The van der Waals surface area contributed by atoms with Crippen molar-refractivity contribution in [2.75, 3.05) is 0 Å². The van der Waals surface area contributed by atoms with Crippen molar-refractivity contribution in [1.82, 2.24) is 15.2 Å². The Hall–Kier alpha value is -3.30. The lowest BCUT2D eigenvalue weighted by atomic mass is 10.1. The molecule has 160 valence electrons. The van der Waals surface area contributed by atoms with Gasteiger partial charge in [-0.1, -0.05) is 64.5 Å². The summed E-state index contributed by atoms with van der Waals surface area (Å²) in [5, 5.41) is 19.6. The van der Waals surface area contributed by atoms with Gasteiger partial charge in [0.25, 0.3) is 11.5 Å². The third kappa shape index (κ3) is 4.63. The predicted octanol–water partition coefficient (Wildman–Crippen LogP) is 4.44. The highest BCUT2D eigenvalue weighted by atomic mass is 79.9. The lowest BCUT2D eigenvalue weighted by Gasteiger charge is -2.10. The average molecular weight is 556 g/mol. The summed E-state index contributed by atoms with van der Waals surface area (Å²) in [6.45, 7) is -0.311. The molecular weight excluding hydrogens is 540 g/mol. The quantitative estimate of drug-likeness (QED) is 0.281. The molecule has 4 rings (SSSR count). The van der Waals surface area contributed by atoms with Crippen LogP contribution in [0, 0.1) is 0 Å². The first-order chi connectivity index (χ1) is 15.4. The van der Waals surface area contributed by atoms with Gasteiger partial charge >= 0.3 is 0 Å². The molecule has 2 N–H and O–H groups in total. The van der Waals surface area contributed by atoms with Gasteiger partial charge in [0.05, 0.1) is 21.8 Å². The molecule has 0 aliphatic rings. The summed E-state index contributed by atoms with van der Waals surface area (Å²) in [7, 11) is 0. The van der Waals surface area contributed by atoms with E-state index >= 15 is 0 Å². The van der Waals surface area contributed by atoms with Gasteiger partial charge in [-0.05, 0) is 34.1 Å². The van der Waals surface area contributed by atoms with Gasteiger partial charge in [-0.15, -0.1) is 0 Å². The van der Waals surface area contributed by atoms with Crippen LogP contribution in [0.2, 0.25) is 0 Å². The van der Waals surface area contributed by atoms with Gasteiger partial charge in [0, 0.05) is 21.0 Å². The van der Waals surface area contributed by atoms with E-state index in [-0.39, 0.29) is 17.9 Å². The fourth-order valence-corrected chi connectivity index (χ4v) is 4.44. The highest BCUT2D eigenvalue weighted by Gasteiger charge is 2.14. The molecule has 1 heterocycles. The molecule has 0 aliphatic heterocycles. The molecule has 1 aromatic heterocycles. The number of hydrogen-bond acceptors (Lipinski definition) is 5. The molecule has 0 saturated heterocycles. The number of phenols is 1. The summed E-state index contributed by atoms with van der Waals surface area (Å²) in [6, 6.07) is 20.0. The van der Waals surface area contributed by atoms with E-state index in [4.69, 9.17) is 0 Å². The highest BCUT2D eigenvalue weighted by Crippen LogP contribution is 2.30. The number of aromatic hydroxyl groups is 1. The molecule has 4 aromatic rings. The maximum Gasteiger partial charge on any atom is 0.275 e. The topological polar surface area (TPSA) is 96.6 Å². The number of aromatic nitrogens is 2. The summed E-state index contributed by atoms with van der Waals surface area (Å²) >= 11 is 6.57. The predicted molar refractivity (Wildman–Crippen MR) is 131 cm³/mol. The Morgan fingerprint density at radius 2 is 1.75 bits per heavy atom. The van der Waals surface area contributed by atoms with E-state index in [1.165, 1.54) is 6.21 Å². The standard InChI is InChI=1S/C23H16Br2N4O3/c24-16-10-15(22(31)19(25)11-16)12-26-27-20(30)13-29-23(32)18-9-5-4-8-17(18)21(28-29)14-6-2-1-3-7-14/h1-12,31H,13H2,(H,27,30)/b26-12+. The maximum atomic E-state index is 12.9. The molecule has 0 saturated carbocycles. The molecule has 0 atom stereocenters. The number of hydrogen-bond donors (Lipinski definition) is 2. The normalized spacial score (nSPS) is 11.2.